The minimum atomic E-state index is -3.61. The normalized spacial score (nSPS) is 11.3. The molecule has 5 aromatic rings. The molecule has 0 atom stereocenters. The van der Waals surface area contributed by atoms with Gasteiger partial charge in [-0.2, -0.15) is 0 Å². The maximum absolute atomic E-state index is 12.9. The second-order valence-corrected chi connectivity index (χ2v) is 9.53. The third kappa shape index (κ3) is 4.24. The number of sulfone groups is 1. The molecule has 1 N–H and O–H groups in total. The highest BCUT2D eigenvalue weighted by Crippen LogP contribution is 2.36. The number of rotatable bonds is 7. The van der Waals surface area contributed by atoms with Gasteiger partial charge in [-0.3, -0.25) is 4.79 Å². The number of methoxy groups -OCH3 is 1. The number of benzene rings is 3. The number of aromatic nitrogens is 2. The summed E-state index contributed by atoms with van der Waals surface area (Å²) in [6, 6.07) is 21.6. The molecule has 8 nitrogen and oxygen atoms in total. The SMILES string of the molecule is COc1cc2ncnc(Nc3ccc(S(=O)(=O)c4ccccc4)cc3)c2cc1-c1ccc(C=O)o1. The summed E-state index contributed by atoms with van der Waals surface area (Å²) in [4.78, 5) is 20.2. The van der Waals surface area contributed by atoms with Crippen LogP contribution in [0.25, 0.3) is 22.2 Å². The first-order valence-electron chi connectivity index (χ1n) is 10.5. The number of hydrogen-bond donors (Lipinski definition) is 1. The minimum Gasteiger partial charge on any atom is -0.496 e. The monoisotopic (exact) mass is 485 g/mol. The van der Waals surface area contributed by atoms with E-state index in [1.807, 2.05) is 6.07 Å². The summed E-state index contributed by atoms with van der Waals surface area (Å²) >= 11 is 0. The van der Waals surface area contributed by atoms with E-state index in [9.17, 15) is 13.2 Å². The van der Waals surface area contributed by atoms with Gasteiger partial charge in [0.15, 0.2) is 12.0 Å². The quantitative estimate of drug-likeness (QED) is 0.310. The lowest BCUT2D eigenvalue weighted by Crippen LogP contribution is -2.02. The van der Waals surface area contributed by atoms with Crippen molar-refractivity contribution in [3.63, 3.8) is 0 Å². The number of nitrogens with one attached hydrogen (secondary N) is 1. The average molecular weight is 486 g/mol. The topological polar surface area (TPSA) is 111 Å². The van der Waals surface area contributed by atoms with Crippen molar-refractivity contribution in [2.45, 2.75) is 9.79 Å². The molecule has 5 rings (SSSR count). The Labute approximate surface area is 201 Å². The summed E-state index contributed by atoms with van der Waals surface area (Å²) in [6.07, 6.45) is 2.06. The highest BCUT2D eigenvalue weighted by Gasteiger charge is 2.18. The molecule has 2 aromatic heterocycles. The molecule has 0 spiro atoms. The molecule has 174 valence electrons. The third-order valence-electron chi connectivity index (χ3n) is 5.45. The predicted molar refractivity (Wildman–Crippen MR) is 131 cm³/mol. The van der Waals surface area contributed by atoms with Crippen LogP contribution in [0.15, 0.2) is 99.4 Å². The summed E-state index contributed by atoms with van der Waals surface area (Å²) in [6.45, 7) is 0. The Bertz CT molecular complexity index is 1630. The Morgan fingerprint density at radius 1 is 0.914 bits per heavy atom. The Morgan fingerprint density at radius 3 is 2.34 bits per heavy atom. The molecule has 0 bridgehead atoms. The third-order valence-corrected chi connectivity index (χ3v) is 7.23. The summed E-state index contributed by atoms with van der Waals surface area (Å²) in [5, 5.41) is 3.91. The van der Waals surface area contributed by atoms with E-state index < -0.39 is 9.84 Å². The zero-order valence-corrected chi connectivity index (χ0v) is 19.3. The highest BCUT2D eigenvalue weighted by molar-refractivity contribution is 7.91. The first-order valence-corrected chi connectivity index (χ1v) is 12.0. The van der Waals surface area contributed by atoms with Crippen LogP contribution in [0.5, 0.6) is 5.75 Å². The maximum Gasteiger partial charge on any atom is 0.206 e. The van der Waals surface area contributed by atoms with Crippen LogP contribution in [0.3, 0.4) is 0 Å². The Morgan fingerprint density at radius 2 is 1.66 bits per heavy atom. The Kier molecular flexibility index (Phi) is 5.76. The number of fused-ring (bicyclic) bond motifs is 1. The highest BCUT2D eigenvalue weighted by atomic mass is 32.2. The van der Waals surface area contributed by atoms with E-state index in [2.05, 4.69) is 15.3 Å². The fraction of sp³-hybridized carbons (Fsp3) is 0.0385. The van der Waals surface area contributed by atoms with Crippen molar-refractivity contribution in [2.75, 3.05) is 12.4 Å². The standard InChI is InChI=1S/C26H19N3O5S/c1-33-25-14-23-21(13-22(25)24-12-9-18(15-30)34-24)26(28-16-27-23)29-17-7-10-20(11-8-17)35(31,32)19-5-3-2-4-6-19/h2-16H,1H3,(H,27,28,29). The molecule has 0 saturated carbocycles. The zero-order chi connectivity index (χ0) is 24.4. The Balaban J connectivity index is 1.50. The van der Waals surface area contributed by atoms with E-state index in [1.165, 1.54) is 6.33 Å². The predicted octanol–water partition coefficient (Wildman–Crippen LogP) is 5.29. The molecule has 0 aliphatic carbocycles. The van der Waals surface area contributed by atoms with Crippen LogP contribution in [0.1, 0.15) is 10.6 Å². The van der Waals surface area contributed by atoms with Gasteiger partial charge in [0.05, 0.1) is 28.0 Å². The van der Waals surface area contributed by atoms with Crippen molar-refractivity contribution in [1.82, 2.24) is 9.97 Å². The first-order chi connectivity index (χ1) is 17.0. The second-order valence-electron chi connectivity index (χ2n) is 7.58. The van der Waals surface area contributed by atoms with Gasteiger partial charge in [-0.1, -0.05) is 18.2 Å². The smallest absolute Gasteiger partial charge is 0.206 e. The van der Waals surface area contributed by atoms with Crippen LogP contribution >= 0.6 is 0 Å². The number of carbonyl (C=O) groups is 1. The summed E-state index contributed by atoms with van der Waals surface area (Å²) in [7, 11) is -2.07. The van der Waals surface area contributed by atoms with Crippen LogP contribution in [-0.2, 0) is 9.84 Å². The van der Waals surface area contributed by atoms with E-state index in [4.69, 9.17) is 9.15 Å². The van der Waals surface area contributed by atoms with Gasteiger partial charge in [0.2, 0.25) is 9.84 Å². The summed E-state index contributed by atoms with van der Waals surface area (Å²) in [5.41, 5.74) is 1.92. The lowest BCUT2D eigenvalue weighted by molar-refractivity contribution is 0.110. The van der Waals surface area contributed by atoms with Crippen LogP contribution in [-0.4, -0.2) is 31.8 Å². The van der Waals surface area contributed by atoms with Crippen molar-refractivity contribution in [1.29, 1.82) is 0 Å². The lowest BCUT2D eigenvalue weighted by atomic mass is 10.1. The zero-order valence-electron chi connectivity index (χ0n) is 18.5. The van der Waals surface area contributed by atoms with Crippen molar-refractivity contribution in [3.8, 4) is 17.1 Å². The van der Waals surface area contributed by atoms with Gasteiger partial charge >= 0.3 is 0 Å². The van der Waals surface area contributed by atoms with Crippen molar-refractivity contribution in [3.05, 3.63) is 91.0 Å². The van der Waals surface area contributed by atoms with Gasteiger partial charge in [-0.05, 0) is 54.6 Å². The number of anilines is 2. The number of carbonyl (C=O) groups excluding carboxylic acids is 1. The molecule has 0 saturated heterocycles. The molecule has 3 aromatic carbocycles. The number of hydrogen-bond acceptors (Lipinski definition) is 8. The molecule has 9 heteroatoms. The lowest BCUT2D eigenvalue weighted by Gasteiger charge is -2.12. The van der Waals surface area contributed by atoms with Crippen LogP contribution < -0.4 is 10.1 Å². The van der Waals surface area contributed by atoms with Gasteiger partial charge in [0, 0.05) is 17.1 Å². The molecule has 0 aliphatic rings. The largest absolute Gasteiger partial charge is 0.496 e. The summed E-state index contributed by atoms with van der Waals surface area (Å²) in [5.74, 6) is 1.72. The van der Waals surface area contributed by atoms with Crippen LogP contribution in [0, 0.1) is 0 Å². The number of nitrogens with zero attached hydrogens (tertiary/aromatic N) is 2. The van der Waals surface area contributed by atoms with E-state index in [1.54, 1.807) is 79.9 Å². The Hall–Kier alpha value is -4.50. The molecule has 2 heterocycles. The van der Waals surface area contributed by atoms with Crippen molar-refractivity contribution in [2.24, 2.45) is 0 Å². The average Bonchev–Trinajstić information content (AvgIpc) is 3.38. The van der Waals surface area contributed by atoms with E-state index in [0.717, 1.165) is 0 Å². The van der Waals surface area contributed by atoms with Gasteiger partial charge in [0.25, 0.3) is 0 Å². The maximum atomic E-state index is 12.9. The van der Waals surface area contributed by atoms with Crippen LogP contribution in [0.2, 0.25) is 0 Å². The second kappa shape index (κ2) is 9.03. The molecule has 0 fully saturated rings. The molecule has 0 radical (unpaired) electrons. The van der Waals surface area contributed by atoms with Gasteiger partial charge in [-0.25, -0.2) is 18.4 Å². The minimum absolute atomic E-state index is 0.192. The molecular weight excluding hydrogens is 466 g/mol. The molecule has 0 aliphatic heterocycles. The van der Waals surface area contributed by atoms with Gasteiger partial charge in [-0.15, -0.1) is 0 Å². The molecular formula is C26H19N3O5S. The molecule has 0 amide bonds. The van der Waals surface area contributed by atoms with Crippen molar-refractivity contribution >= 4 is 38.5 Å². The van der Waals surface area contributed by atoms with E-state index in [-0.39, 0.29) is 15.6 Å². The fourth-order valence-corrected chi connectivity index (χ4v) is 4.98. The van der Waals surface area contributed by atoms with Gasteiger partial charge in [0.1, 0.15) is 23.7 Å². The van der Waals surface area contributed by atoms with Crippen LogP contribution in [0.4, 0.5) is 11.5 Å². The number of furan rings is 1. The summed E-state index contributed by atoms with van der Waals surface area (Å²) < 4.78 is 36.8. The fourth-order valence-electron chi connectivity index (χ4n) is 3.70. The molecule has 35 heavy (non-hydrogen) atoms. The first kappa shape index (κ1) is 22.3. The van der Waals surface area contributed by atoms with Crippen molar-refractivity contribution < 1.29 is 22.4 Å². The van der Waals surface area contributed by atoms with E-state index >= 15 is 0 Å². The van der Waals surface area contributed by atoms with Gasteiger partial charge < -0.3 is 14.5 Å². The van der Waals surface area contributed by atoms with E-state index in [0.29, 0.717) is 45.8 Å². The number of ether oxygens (including phenoxy) is 1. The number of aldehydes is 1. The molecule has 0 unspecified atom stereocenters.